The zero-order valence-corrected chi connectivity index (χ0v) is 18.1. The van der Waals surface area contributed by atoms with Crippen LogP contribution in [0.25, 0.3) is 0 Å². The lowest BCUT2D eigenvalue weighted by Crippen LogP contribution is -2.40. The van der Waals surface area contributed by atoms with Crippen LogP contribution in [0.1, 0.15) is 17.5 Å². The van der Waals surface area contributed by atoms with Crippen molar-refractivity contribution in [1.29, 1.82) is 0 Å². The highest BCUT2D eigenvalue weighted by Crippen LogP contribution is 2.33. The molecule has 7 nitrogen and oxygen atoms in total. The number of carbonyl (C=O) groups is 1. The smallest absolute Gasteiger partial charge is 0.240 e. The number of nitrogens with zero attached hydrogens (tertiary/aromatic N) is 1. The van der Waals surface area contributed by atoms with Crippen molar-refractivity contribution >= 4 is 21.6 Å². The SMILES string of the molecule is COc1ccc(N(CC(=O)NCCCc2ccc(C)cc2)S(C)(=O)=O)c(OC)c1. The van der Waals surface area contributed by atoms with E-state index in [1.54, 1.807) is 18.2 Å². The summed E-state index contributed by atoms with van der Waals surface area (Å²) in [4.78, 5) is 12.4. The molecule has 0 unspecified atom stereocenters. The van der Waals surface area contributed by atoms with Gasteiger partial charge in [0.15, 0.2) is 0 Å². The van der Waals surface area contributed by atoms with E-state index in [0.29, 0.717) is 18.0 Å². The van der Waals surface area contributed by atoms with Crippen molar-refractivity contribution in [2.75, 3.05) is 37.9 Å². The van der Waals surface area contributed by atoms with Gasteiger partial charge in [-0.3, -0.25) is 9.10 Å². The molecule has 0 saturated carbocycles. The highest BCUT2D eigenvalue weighted by Gasteiger charge is 2.24. The third kappa shape index (κ3) is 6.67. The fraction of sp³-hybridized carbons (Fsp3) is 0.381. The predicted octanol–water partition coefficient (Wildman–Crippen LogP) is 2.53. The van der Waals surface area contributed by atoms with Gasteiger partial charge in [0.05, 0.1) is 26.2 Å². The van der Waals surface area contributed by atoms with E-state index in [-0.39, 0.29) is 18.1 Å². The molecule has 1 N–H and O–H groups in total. The first kappa shape index (κ1) is 22.5. The largest absolute Gasteiger partial charge is 0.497 e. The summed E-state index contributed by atoms with van der Waals surface area (Å²) >= 11 is 0. The Hall–Kier alpha value is -2.74. The molecule has 0 atom stereocenters. The maximum absolute atomic E-state index is 12.4. The van der Waals surface area contributed by atoms with E-state index in [1.807, 2.05) is 6.92 Å². The van der Waals surface area contributed by atoms with E-state index < -0.39 is 10.0 Å². The van der Waals surface area contributed by atoms with Crippen molar-refractivity contribution in [3.05, 3.63) is 53.6 Å². The first-order chi connectivity index (χ1) is 13.7. The van der Waals surface area contributed by atoms with Crippen LogP contribution in [0, 0.1) is 6.92 Å². The van der Waals surface area contributed by atoms with Crippen LogP contribution in [0.2, 0.25) is 0 Å². The zero-order chi connectivity index (χ0) is 21.4. The van der Waals surface area contributed by atoms with Crippen LogP contribution in [-0.2, 0) is 21.2 Å². The molecule has 2 rings (SSSR count). The van der Waals surface area contributed by atoms with Gasteiger partial charge in [0, 0.05) is 12.6 Å². The number of rotatable bonds is 10. The van der Waals surface area contributed by atoms with Gasteiger partial charge in [0.25, 0.3) is 0 Å². The highest BCUT2D eigenvalue weighted by molar-refractivity contribution is 7.92. The second kappa shape index (κ2) is 10.2. The molecule has 8 heteroatoms. The lowest BCUT2D eigenvalue weighted by molar-refractivity contribution is -0.119. The van der Waals surface area contributed by atoms with Crippen LogP contribution in [0.5, 0.6) is 11.5 Å². The molecule has 0 aliphatic carbocycles. The van der Waals surface area contributed by atoms with Gasteiger partial charge in [-0.15, -0.1) is 0 Å². The van der Waals surface area contributed by atoms with E-state index in [2.05, 4.69) is 29.6 Å². The van der Waals surface area contributed by atoms with Gasteiger partial charge in [-0.05, 0) is 37.5 Å². The maximum Gasteiger partial charge on any atom is 0.240 e. The van der Waals surface area contributed by atoms with E-state index in [4.69, 9.17) is 9.47 Å². The second-order valence-corrected chi connectivity index (χ2v) is 8.65. The summed E-state index contributed by atoms with van der Waals surface area (Å²) in [5, 5.41) is 2.79. The number of sulfonamides is 1. The van der Waals surface area contributed by atoms with Crippen LogP contribution < -0.4 is 19.1 Å². The van der Waals surface area contributed by atoms with Gasteiger partial charge in [0.2, 0.25) is 15.9 Å². The Labute approximate surface area is 172 Å². The fourth-order valence-corrected chi connectivity index (χ4v) is 3.69. The quantitative estimate of drug-likeness (QED) is 0.597. The average molecular weight is 421 g/mol. The number of methoxy groups -OCH3 is 2. The molecular weight excluding hydrogens is 392 g/mol. The van der Waals surface area contributed by atoms with Gasteiger partial charge in [-0.2, -0.15) is 0 Å². The fourth-order valence-electron chi connectivity index (χ4n) is 2.83. The lowest BCUT2D eigenvalue weighted by Gasteiger charge is -2.24. The molecule has 0 aliphatic heterocycles. The minimum Gasteiger partial charge on any atom is -0.497 e. The summed E-state index contributed by atoms with van der Waals surface area (Å²) in [7, 11) is -0.750. The van der Waals surface area contributed by atoms with Crippen LogP contribution in [0.3, 0.4) is 0 Å². The summed E-state index contributed by atoms with van der Waals surface area (Å²) in [6.45, 7) is 2.17. The Kier molecular flexibility index (Phi) is 7.90. The van der Waals surface area contributed by atoms with Crippen molar-refractivity contribution in [3.63, 3.8) is 0 Å². The molecule has 2 aromatic rings. The Morgan fingerprint density at radius 2 is 1.76 bits per heavy atom. The number of amides is 1. The van der Waals surface area contributed by atoms with Crippen molar-refractivity contribution < 1.29 is 22.7 Å². The molecule has 1 amide bonds. The van der Waals surface area contributed by atoms with Gasteiger partial charge in [-0.1, -0.05) is 29.8 Å². The second-order valence-electron chi connectivity index (χ2n) is 6.75. The van der Waals surface area contributed by atoms with Crippen molar-refractivity contribution in [3.8, 4) is 11.5 Å². The molecule has 29 heavy (non-hydrogen) atoms. The molecule has 0 radical (unpaired) electrons. The summed E-state index contributed by atoms with van der Waals surface area (Å²) in [5.74, 6) is 0.457. The van der Waals surface area contributed by atoms with Crippen LogP contribution >= 0.6 is 0 Å². The number of hydrogen-bond acceptors (Lipinski definition) is 5. The maximum atomic E-state index is 12.4. The van der Waals surface area contributed by atoms with E-state index in [0.717, 1.165) is 23.4 Å². The Morgan fingerprint density at radius 3 is 2.34 bits per heavy atom. The number of ether oxygens (including phenoxy) is 2. The first-order valence-electron chi connectivity index (χ1n) is 9.26. The standard InChI is InChI=1S/C21H28N2O5S/c1-16-7-9-17(10-8-16)6-5-13-22-21(24)15-23(29(4,25)26)19-12-11-18(27-2)14-20(19)28-3/h7-12,14H,5-6,13,15H2,1-4H3,(H,22,24). The summed E-state index contributed by atoms with van der Waals surface area (Å²) in [5.41, 5.74) is 2.69. The number of carbonyl (C=O) groups excluding carboxylic acids is 1. The lowest BCUT2D eigenvalue weighted by atomic mass is 10.1. The molecule has 0 aromatic heterocycles. The minimum absolute atomic E-state index is 0.283. The number of anilines is 1. The van der Waals surface area contributed by atoms with Gasteiger partial charge in [0.1, 0.15) is 18.0 Å². The molecule has 0 saturated heterocycles. The number of hydrogen-bond donors (Lipinski definition) is 1. The molecular formula is C21H28N2O5S. The average Bonchev–Trinajstić information content (AvgIpc) is 2.69. The Morgan fingerprint density at radius 1 is 1.07 bits per heavy atom. The molecule has 0 spiro atoms. The third-order valence-electron chi connectivity index (χ3n) is 4.43. The van der Waals surface area contributed by atoms with E-state index in [1.165, 1.54) is 25.3 Å². The van der Waals surface area contributed by atoms with E-state index >= 15 is 0 Å². The van der Waals surface area contributed by atoms with Crippen molar-refractivity contribution in [2.45, 2.75) is 19.8 Å². The number of benzene rings is 2. The van der Waals surface area contributed by atoms with E-state index in [9.17, 15) is 13.2 Å². The Bertz CT molecular complexity index is 927. The first-order valence-corrected chi connectivity index (χ1v) is 11.1. The molecule has 0 heterocycles. The predicted molar refractivity (Wildman–Crippen MR) is 114 cm³/mol. The number of aryl methyl sites for hydroxylation is 2. The molecule has 158 valence electrons. The summed E-state index contributed by atoms with van der Waals surface area (Å²) in [6.07, 6.45) is 2.66. The van der Waals surface area contributed by atoms with Crippen LogP contribution in [0.4, 0.5) is 5.69 Å². The van der Waals surface area contributed by atoms with Crippen LogP contribution in [0.15, 0.2) is 42.5 Å². The topological polar surface area (TPSA) is 84.9 Å². The monoisotopic (exact) mass is 420 g/mol. The summed E-state index contributed by atoms with van der Waals surface area (Å²) < 4.78 is 36.0. The van der Waals surface area contributed by atoms with Gasteiger partial charge in [-0.25, -0.2) is 8.42 Å². The highest BCUT2D eigenvalue weighted by atomic mass is 32.2. The third-order valence-corrected chi connectivity index (χ3v) is 5.55. The normalized spacial score (nSPS) is 11.0. The van der Waals surface area contributed by atoms with Gasteiger partial charge < -0.3 is 14.8 Å². The summed E-state index contributed by atoms with van der Waals surface area (Å²) in [6, 6.07) is 13.0. The van der Waals surface area contributed by atoms with Gasteiger partial charge >= 0.3 is 0 Å². The number of nitrogens with one attached hydrogen (secondary N) is 1. The molecule has 0 fully saturated rings. The zero-order valence-electron chi connectivity index (χ0n) is 17.3. The van der Waals surface area contributed by atoms with Crippen molar-refractivity contribution in [2.24, 2.45) is 0 Å². The Balaban J connectivity index is 1.99. The van der Waals surface area contributed by atoms with Crippen LogP contribution in [-0.4, -0.2) is 47.9 Å². The minimum atomic E-state index is -3.69. The van der Waals surface area contributed by atoms with Crippen molar-refractivity contribution in [1.82, 2.24) is 5.32 Å². The molecule has 2 aromatic carbocycles. The molecule has 0 bridgehead atoms. The molecule has 0 aliphatic rings.